The average molecular weight is 199 g/mol. The third-order valence-electron chi connectivity index (χ3n) is 3.37. The molecule has 2 nitrogen and oxygen atoms in total. The topological polar surface area (TPSA) is 21.3 Å². The van der Waals surface area contributed by atoms with E-state index in [1.807, 2.05) is 0 Å². The molecule has 1 aliphatic carbocycles. The number of rotatable bonds is 4. The lowest BCUT2D eigenvalue weighted by Gasteiger charge is -2.35. The summed E-state index contributed by atoms with van der Waals surface area (Å²) in [4.78, 5) is 0. The first-order valence-corrected chi connectivity index (χ1v) is 5.92. The monoisotopic (exact) mass is 199 g/mol. The van der Waals surface area contributed by atoms with Gasteiger partial charge in [0.25, 0.3) is 0 Å². The van der Waals surface area contributed by atoms with Crippen LogP contribution in [0.3, 0.4) is 0 Å². The molecule has 1 rings (SSSR count). The molecule has 0 spiro atoms. The summed E-state index contributed by atoms with van der Waals surface area (Å²) in [6.45, 7) is 6.57. The third kappa shape index (κ3) is 3.58. The summed E-state index contributed by atoms with van der Waals surface area (Å²) >= 11 is 0. The molecular weight excluding hydrogens is 174 g/mol. The van der Waals surface area contributed by atoms with E-state index >= 15 is 0 Å². The molecule has 0 aromatic heterocycles. The van der Waals surface area contributed by atoms with Crippen molar-refractivity contribution in [2.24, 2.45) is 0 Å². The summed E-state index contributed by atoms with van der Waals surface area (Å²) in [6.07, 6.45) is 6.59. The molecule has 14 heavy (non-hydrogen) atoms. The summed E-state index contributed by atoms with van der Waals surface area (Å²) in [5.74, 6) is 0. The molecule has 1 N–H and O–H groups in total. The van der Waals surface area contributed by atoms with Crippen LogP contribution in [0.1, 0.15) is 52.9 Å². The van der Waals surface area contributed by atoms with Crippen molar-refractivity contribution in [3.05, 3.63) is 0 Å². The zero-order valence-corrected chi connectivity index (χ0v) is 10.1. The lowest BCUT2D eigenvalue weighted by Crippen LogP contribution is -2.38. The van der Waals surface area contributed by atoms with Crippen molar-refractivity contribution < 1.29 is 4.74 Å². The number of hydrogen-bond acceptors (Lipinski definition) is 2. The van der Waals surface area contributed by atoms with Crippen LogP contribution in [0, 0.1) is 0 Å². The van der Waals surface area contributed by atoms with E-state index in [1.54, 1.807) is 0 Å². The highest BCUT2D eigenvalue weighted by molar-refractivity contribution is 4.80. The average Bonchev–Trinajstić information content (AvgIpc) is 2.17. The molecule has 1 saturated carbocycles. The molecule has 0 aromatic rings. The summed E-state index contributed by atoms with van der Waals surface area (Å²) in [7, 11) is 2.05. The third-order valence-corrected chi connectivity index (χ3v) is 3.37. The Kier molecular flexibility index (Phi) is 4.39. The molecule has 0 bridgehead atoms. The molecule has 0 radical (unpaired) electrons. The second-order valence-corrected chi connectivity index (χ2v) is 5.01. The summed E-state index contributed by atoms with van der Waals surface area (Å²) in [6, 6.07) is 0.668. The van der Waals surface area contributed by atoms with Gasteiger partial charge in [-0.15, -0.1) is 0 Å². The van der Waals surface area contributed by atoms with Gasteiger partial charge in [-0.1, -0.05) is 6.92 Å². The number of ether oxygens (including phenoxy) is 1. The highest BCUT2D eigenvalue weighted by Gasteiger charge is 2.26. The number of hydrogen-bond donors (Lipinski definition) is 1. The van der Waals surface area contributed by atoms with Crippen molar-refractivity contribution in [2.75, 3.05) is 7.05 Å². The van der Waals surface area contributed by atoms with Crippen LogP contribution in [0.5, 0.6) is 0 Å². The maximum absolute atomic E-state index is 6.12. The van der Waals surface area contributed by atoms with E-state index in [1.165, 1.54) is 25.7 Å². The molecule has 0 aromatic carbocycles. The predicted octanol–water partition coefficient (Wildman–Crippen LogP) is 2.72. The molecule has 0 saturated heterocycles. The molecule has 1 fully saturated rings. The van der Waals surface area contributed by atoms with E-state index in [9.17, 15) is 0 Å². The molecule has 0 aliphatic heterocycles. The van der Waals surface area contributed by atoms with E-state index in [4.69, 9.17) is 4.74 Å². The molecule has 1 aliphatic rings. The van der Waals surface area contributed by atoms with Gasteiger partial charge in [0.1, 0.15) is 0 Å². The molecule has 84 valence electrons. The quantitative estimate of drug-likeness (QED) is 0.751. The first-order chi connectivity index (χ1) is 6.57. The lowest BCUT2D eigenvalue weighted by molar-refractivity contribution is -0.0894. The van der Waals surface area contributed by atoms with Crippen LogP contribution < -0.4 is 5.32 Å². The SMILES string of the molecule is CCC(C)(C)OC1CCCC(NC)C1. The van der Waals surface area contributed by atoms with Crippen molar-refractivity contribution in [2.45, 2.75) is 70.6 Å². The van der Waals surface area contributed by atoms with Crippen molar-refractivity contribution in [3.8, 4) is 0 Å². The Morgan fingerprint density at radius 1 is 1.36 bits per heavy atom. The fraction of sp³-hybridized carbons (Fsp3) is 1.00. The molecule has 0 amide bonds. The van der Waals surface area contributed by atoms with Crippen molar-refractivity contribution in [3.63, 3.8) is 0 Å². The molecule has 2 atom stereocenters. The van der Waals surface area contributed by atoms with Gasteiger partial charge in [0.2, 0.25) is 0 Å². The van der Waals surface area contributed by atoms with Crippen LogP contribution in [-0.4, -0.2) is 24.8 Å². The van der Waals surface area contributed by atoms with Crippen LogP contribution in [0.2, 0.25) is 0 Å². The van der Waals surface area contributed by atoms with Crippen LogP contribution in [0.25, 0.3) is 0 Å². The fourth-order valence-electron chi connectivity index (χ4n) is 2.05. The standard InChI is InChI=1S/C12H25NO/c1-5-12(2,3)14-11-8-6-7-10(9-11)13-4/h10-11,13H,5-9H2,1-4H3. The Hall–Kier alpha value is -0.0800. The van der Waals surface area contributed by atoms with Crippen molar-refractivity contribution in [1.29, 1.82) is 0 Å². The highest BCUT2D eigenvalue weighted by atomic mass is 16.5. The minimum atomic E-state index is 0.0559. The summed E-state index contributed by atoms with van der Waals surface area (Å²) < 4.78 is 6.12. The predicted molar refractivity (Wildman–Crippen MR) is 60.6 cm³/mol. The normalized spacial score (nSPS) is 29.1. The van der Waals surface area contributed by atoms with Crippen molar-refractivity contribution >= 4 is 0 Å². The summed E-state index contributed by atoms with van der Waals surface area (Å²) in [5, 5.41) is 3.36. The first kappa shape index (κ1) is 12.0. The largest absolute Gasteiger partial charge is 0.372 e. The van der Waals surface area contributed by atoms with E-state index in [-0.39, 0.29) is 5.60 Å². The van der Waals surface area contributed by atoms with E-state index in [0.29, 0.717) is 12.1 Å². The lowest BCUT2D eigenvalue weighted by atomic mass is 9.92. The van der Waals surface area contributed by atoms with Gasteiger partial charge in [0, 0.05) is 6.04 Å². The van der Waals surface area contributed by atoms with Crippen LogP contribution in [0.15, 0.2) is 0 Å². The van der Waals surface area contributed by atoms with Crippen LogP contribution in [-0.2, 0) is 4.74 Å². The maximum atomic E-state index is 6.12. The van der Waals surface area contributed by atoms with Gasteiger partial charge < -0.3 is 10.1 Å². The fourth-order valence-corrected chi connectivity index (χ4v) is 2.05. The van der Waals surface area contributed by atoms with Gasteiger partial charge in [0.05, 0.1) is 11.7 Å². The second kappa shape index (κ2) is 5.13. The van der Waals surface area contributed by atoms with Gasteiger partial charge >= 0.3 is 0 Å². The first-order valence-electron chi connectivity index (χ1n) is 5.92. The highest BCUT2D eigenvalue weighted by Crippen LogP contribution is 2.26. The minimum absolute atomic E-state index is 0.0559. The zero-order chi connectivity index (χ0) is 10.6. The molecule has 2 unspecified atom stereocenters. The van der Waals surface area contributed by atoms with Gasteiger partial charge in [-0.2, -0.15) is 0 Å². The Morgan fingerprint density at radius 2 is 2.07 bits per heavy atom. The Labute approximate surface area is 88.4 Å². The van der Waals surface area contributed by atoms with Gasteiger partial charge in [0.15, 0.2) is 0 Å². The van der Waals surface area contributed by atoms with E-state index in [0.717, 1.165) is 6.42 Å². The maximum Gasteiger partial charge on any atom is 0.0627 e. The zero-order valence-electron chi connectivity index (χ0n) is 10.1. The Bertz CT molecular complexity index is 168. The smallest absolute Gasteiger partial charge is 0.0627 e. The minimum Gasteiger partial charge on any atom is -0.372 e. The van der Waals surface area contributed by atoms with Gasteiger partial charge in [-0.3, -0.25) is 0 Å². The Morgan fingerprint density at radius 3 is 2.64 bits per heavy atom. The molecule has 0 heterocycles. The van der Waals surface area contributed by atoms with E-state index < -0.39 is 0 Å². The Balaban J connectivity index is 2.37. The van der Waals surface area contributed by atoms with Gasteiger partial charge in [-0.05, 0) is 53.0 Å². The molecular formula is C12H25NO. The number of nitrogens with one attached hydrogen (secondary N) is 1. The molecule has 2 heteroatoms. The van der Waals surface area contributed by atoms with E-state index in [2.05, 4.69) is 33.1 Å². The second-order valence-electron chi connectivity index (χ2n) is 5.01. The van der Waals surface area contributed by atoms with Gasteiger partial charge in [-0.25, -0.2) is 0 Å². The summed E-state index contributed by atoms with van der Waals surface area (Å²) in [5.41, 5.74) is 0.0559. The van der Waals surface area contributed by atoms with Crippen LogP contribution >= 0.6 is 0 Å². The van der Waals surface area contributed by atoms with Crippen molar-refractivity contribution in [1.82, 2.24) is 5.32 Å². The van der Waals surface area contributed by atoms with Crippen LogP contribution in [0.4, 0.5) is 0 Å².